The molecule has 1 radical (unpaired) electrons. The number of halogens is 3. The van der Waals surface area contributed by atoms with E-state index in [0.717, 1.165) is 0 Å². The highest BCUT2D eigenvalue weighted by atomic mass is 35.5. The zero-order valence-electron chi connectivity index (χ0n) is 4.94. The first-order valence-corrected chi connectivity index (χ1v) is 3.55. The highest BCUT2D eigenvalue weighted by Gasteiger charge is 2.09. The summed E-state index contributed by atoms with van der Waals surface area (Å²) in [5.41, 5.74) is -0.0715. The highest BCUT2D eigenvalue weighted by molar-refractivity contribution is 6.38. The van der Waals surface area contributed by atoms with Crippen LogP contribution in [-0.2, 0) is 4.79 Å². The van der Waals surface area contributed by atoms with Gasteiger partial charge in [0.2, 0.25) is 11.6 Å². The van der Waals surface area contributed by atoms with E-state index in [1.165, 1.54) is 6.29 Å². The molecule has 0 N–H and O–H groups in total. The summed E-state index contributed by atoms with van der Waals surface area (Å²) >= 11 is 16.3. The molecule has 1 rings (SSSR count). The zero-order chi connectivity index (χ0) is 8.43. The summed E-state index contributed by atoms with van der Waals surface area (Å²) in [6.07, 6.45) is 1.49. The molecule has 1 heterocycles. The summed E-state index contributed by atoms with van der Waals surface area (Å²) < 4.78 is 0. The third kappa shape index (κ3) is 1.80. The Morgan fingerprint density at radius 1 is 1.09 bits per heavy atom. The lowest BCUT2D eigenvalue weighted by molar-refractivity contribution is 0.562. The Kier molecular flexibility index (Phi) is 2.65. The summed E-state index contributed by atoms with van der Waals surface area (Å²) in [5, 5.41) is -0.283. The summed E-state index contributed by atoms with van der Waals surface area (Å²) in [7, 11) is 0. The van der Waals surface area contributed by atoms with Crippen molar-refractivity contribution in [2.45, 2.75) is 0 Å². The molecule has 0 bridgehead atoms. The monoisotopic (exact) mass is 209 g/mol. The Morgan fingerprint density at radius 3 is 1.91 bits per heavy atom. The molecule has 0 fully saturated rings. The van der Waals surface area contributed by atoms with E-state index in [1.807, 2.05) is 0 Å². The van der Waals surface area contributed by atoms with Gasteiger partial charge in [0.1, 0.15) is 15.9 Å². The van der Waals surface area contributed by atoms with Crippen molar-refractivity contribution in [1.29, 1.82) is 0 Å². The molecule has 0 aliphatic carbocycles. The average Bonchev–Trinajstić information content (AvgIpc) is 1.85. The van der Waals surface area contributed by atoms with Crippen LogP contribution in [0, 0.1) is 0 Å². The van der Waals surface area contributed by atoms with E-state index in [1.54, 1.807) is 0 Å². The number of nitrogens with zero attached hydrogens (tertiary/aromatic N) is 2. The van der Waals surface area contributed by atoms with Gasteiger partial charge in [-0.3, -0.25) is 4.79 Å². The van der Waals surface area contributed by atoms with Crippen LogP contribution in [0.5, 0.6) is 0 Å². The van der Waals surface area contributed by atoms with Crippen molar-refractivity contribution in [1.82, 2.24) is 9.97 Å². The SMILES string of the molecule is O=[C]c1c(Cl)nc(Cl)nc1Cl. The fraction of sp³-hybridized carbons (Fsp3) is 0. The zero-order valence-corrected chi connectivity index (χ0v) is 7.20. The molecule has 0 atom stereocenters. The fourth-order valence-electron chi connectivity index (χ4n) is 0.468. The first-order valence-electron chi connectivity index (χ1n) is 2.42. The quantitative estimate of drug-likeness (QED) is 0.525. The molecule has 0 aliphatic rings. The molecular weight excluding hydrogens is 210 g/mol. The van der Waals surface area contributed by atoms with Gasteiger partial charge in [0.05, 0.1) is 0 Å². The first-order chi connectivity index (χ1) is 5.15. The molecule has 0 unspecified atom stereocenters. The van der Waals surface area contributed by atoms with E-state index in [0.29, 0.717) is 0 Å². The minimum Gasteiger partial charge on any atom is -0.285 e. The third-order valence-corrected chi connectivity index (χ3v) is 1.61. The van der Waals surface area contributed by atoms with E-state index >= 15 is 0 Å². The van der Waals surface area contributed by atoms with Crippen LogP contribution < -0.4 is 0 Å². The molecule has 57 valence electrons. The second kappa shape index (κ2) is 3.34. The molecule has 0 aromatic carbocycles. The predicted molar refractivity (Wildman–Crippen MR) is 41.9 cm³/mol. The van der Waals surface area contributed by atoms with Crippen LogP contribution >= 0.6 is 34.8 Å². The van der Waals surface area contributed by atoms with Crippen molar-refractivity contribution in [2.24, 2.45) is 0 Å². The van der Waals surface area contributed by atoms with Gasteiger partial charge in [-0.15, -0.1) is 0 Å². The molecule has 0 saturated heterocycles. The lowest BCUT2D eigenvalue weighted by Crippen LogP contribution is -1.92. The van der Waals surface area contributed by atoms with Crippen LogP contribution in [0.25, 0.3) is 0 Å². The molecule has 0 spiro atoms. The molecule has 0 amide bonds. The van der Waals surface area contributed by atoms with Crippen molar-refractivity contribution in [3.05, 3.63) is 21.2 Å². The molecule has 6 heteroatoms. The largest absolute Gasteiger partial charge is 0.285 e. The molecule has 0 saturated carbocycles. The van der Waals surface area contributed by atoms with Crippen molar-refractivity contribution in [3.63, 3.8) is 0 Å². The number of rotatable bonds is 1. The Hall–Kier alpha value is -0.380. The van der Waals surface area contributed by atoms with Crippen LogP contribution in [0.1, 0.15) is 5.56 Å². The maximum absolute atomic E-state index is 10.1. The molecule has 0 aliphatic heterocycles. The van der Waals surface area contributed by atoms with Gasteiger partial charge in [-0.05, 0) is 11.6 Å². The van der Waals surface area contributed by atoms with E-state index in [4.69, 9.17) is 34.8 Å². The summed E-state index contributed by atoms with van der Waals surface area (Å²) in [6, 6.07) is 0. The summed E-state index contributed by atoms with van der Waals surface area (Å²) in [6.45, 7) is 0. The third-order valence-electron chi connectivity index (χ3n) is 0.895. The Labute approximate surface area is 77.3 Å². The molecule has 1 aromatic rings. The van der Waals surface area contributed by atoms with Crippen molar-refractivity contribution in [2.75, 3.05) is 0 Å². The van der Waals surface area contributed by atoms with Gasteiger partial charge in [-0.25, -0.2) is 9.97 Å². The van der Waals surface area contributed by atoms with E-state index in [9.17, 15) is 4.79 Å². The van der Waals surface area contributed by atoms with E-state index in [-0.39, 0.29) is 21.2 Å². The van der Waals surface area contributed by atoms with E-state index in [2.05, 4.69) is 9.97 Å². The van der Waals surface area contributed by atoms with Crippen molar-refractivity contribution >= 4 is 41.1 Å². The second-order valence-electron chi connectivity index (χ2n) is 1.55. The van der Waals surface area contributed by atoms with Gasteiger partial charge in [0.15, 0.2) is 0 Å². The normalized spacial score (nSPS) is 9.73. The van der Waals surface area contributed by atoms with Gasteiger partial charge in [0, 0.05) is 0 Å². The van der Waals surface area contributed by atoms with Crippen LogP contribution in [-0.4, -0.2) is 16.3 Å². The van der Waals surface area contributed by atoms with Gasteiger partial charge < -0.3 is 0 Å². The van der Waals surface area contributed by atoms with Gasteiger partial charge in [-0.2, -0.15) is 0 Å². The highest BCUT2D eigenvalue weighted by Crippen LogP contribution is 2.20. The van der Waals surface area contributed by atoms with Crippen molar-refractivity contribution < 1.29 is 4.79 Å². The average molecular weight is 210 g/mol. The number of aromatic nitrogens is 2. The van der Waals surface area contributed by atoms with Crippen LogP contribution in [0.2, 0.25) is 15.6 Å². The topological polar surface area (TPSA) is 42.9 Å². The minimum absolute atomic E-state index is 0.0715. The maximum Gasteiger partial charge on any atom is 0.239 e. The van der Waals surface area contributed by atoms with Gasteiger partial charge in [0.25, 0.3) is 0 Å². The molecule has 3 nitrogen and oxygen atoms in total. The standard InChI is InChI=1S/C5Cl3N2O/c6-3-2(1-11)4(7)10-5(8)9-3. The van der Waals surface area contributed by atoms with Gasteiger partial charge >= 0.3 is 0 Å². The molecular formula is C5Cl3N2O. The first kappa shape index (κ1) is 8.71. The number of carbonyl (C=O) groups excluding carboxylic acids is 1. The fourth-order valence-corrected chi connectivity index (χ4v) is 1.19. The molecule has 1 aromatic heterocycles. The van der Waals surface area contributed by atoms with E-state index < -0.39 is 0 Å². The lowest BCUT2D eigenvalue weighted by Gasteiger charge is -1.95. The Bertz CT molecular complexity index is 279. The number of hydrogen-bond acceptors (Lipinski definition) is 3. The van der Waals surface area contributed by atoms with Crippen LogP contribution in [0.15, 0.2) is 0 Å². The smallest absolute Gasteiger partial charge is 0.239 e. The Balaban J connectivity index is 3.36. The van der Waals surface area contributed by atoms with Crippen LogP contribution in [0.4, 0.5) is 0 Å². The minimum atomic E-state index is -0.0981. The van der Waals surface area contributed by atoms with Crippen LogP contribution in [0.3, 0.4) is 0 Å². The second-order valence-corrected chi connectivity index (χ2v) is 2.61. The summed E-state index contributed by atoms with van der Waals surface area (Å²) in [5.74, 6) is 0. The Morgan fingerprint density at radius 2 is 1.55 bits per heavy atom. The molecule has 11 heavy (non-hydrogen) atoms. The maximum atomic E-state index is 10.1. The van der Waals surface area contributed by atoms with Crippen molar-refractivity contribution in [3.8, 4) is 0 Å². The summed E-state index contributed by atoms with van der Waals surface area (Å²) in [4.78, 5) is 17.1. The predicted octanol–water partition coefficient (Wildman–Crippen LogP) is 1.89. The van der Waals surface area contributed by atoms with Gasteiger partial charge in [-0.1, -0.05) is 23.2 Å². The lowest BCUT2D eigenvalue weighted by atomic mass is 10.4. The number of hydrogen-bond donors (Lipinski definition) is 0.